The molecule has 0 bridgehead atoms. The Hall–Kier alpha value is -4.45. The highest BCUT2D eigenvalue weighted by Gasteiger charge is 2.12. The van der Waals surface area contributed by atoms with Crippen LogP contribution in [0.25, 0.3) is 5.69 Å². The predicted molar refractivity (Wildman–Crippen MR) is 131 cm³/mol. The number of aryl methyl sites for hydroxylation is 1. The molecule has 3 aromatic rings. The number of hydrazone groups is 1. The minimum Gasteiger partial charge on any atom is -0.484 e. The number of benzene rings is 2. The van der Waals surface area contributed by atoms with Gasteiger partial charge in [-0.15, -0.1) is 0 Å². The number of nitrogens with one attached hydrogen (secondary N) is 2. The minimum absolute atomic E-state index is 0.0415. The highest BCUT2D eigenvalue weighted by Crippen LogP contribution is 2.22. The van der Waals surface area contributed by atoms with Crippen molar-refractivity contribution in [2.45, 2.75) is 12.8 Å². The summed E-state index contributed by atoms with van der Waals surface area (Å²) in [7, 11) is 3.20. The van der Waals surface area contributed by atoms with E-state index in [1.165, 1.54) is 34.0 Å². The number of aromatic nitrogens is 2. The molecule has 35 heavy (non-hydrogen) atoms. The van der Waals surface area contributed by atoms with Gasteiger partial charge in [0.15, 0.2) is 12.4 Å². The number of hydrogen-bond donors (Lipinski definition) is 4. The second kappa shape index (κ2) is 11.6. The number of carbonyl (C=O) groups is 1. The smallest absolute Gasteiger partial charge is 0.298 e. The molecule has 0 spiro atoms. The van der Waals surface area contributed by atoms with Crippen LogP contribution in [0.3, 0.4) is 0 Å². The van der Waals surface area contributed by atoms with E-state index in [0.717, 1.165) is 11.6 Å². The molecule has 0 aliphatic rings. The van der Waals surface area contributed by atoms with E-state index in [1.807, 2.05) is 12.1 Å². The number of halogens is 1. The van der Waals surface area contributed by atoms with Gasteiger partial charge in [-0.3, -0.25) is 14.2 Å². The van der Waals surface area contributed by atoms with Gasteiger partial charge in [0.2, 0.25) is 0 Å². The van der Waals surface area contributed by atoms with Gasteiger partial charge in [0, 0.05) is 44.7 Å². The second-order valence-corrected chi connectivity index (χ2v) is 7.68. The average Bonchev–Trinajstić information content (AvgIpc) is 2.86. The number of ether oxygens (including phenoxy) is 1. The van der Waals surface area contributed by atoms with E-state index >= 15 is 0 Å². The van der Waals surface area contributed by atoms with Crippen molar-refractivity contribution in [2.24, 2.45) is 16.8 Å². The summed E-state index contributed by atoms with van der Waals surface area (Å²) in [5.41, 5.74) is 3.63. The van der Waals surface area contributed by atoms with Crippen LogP contribution < -0.4 is 32.7 Å². The summed E-state index contributed by atoms with van der Waals surface area (Å²) in [5, 5.41) is 6.27. The Kier molecular flexibility index (Phi) is 8.35. The van der Waals surface area contributed by atoms with Crippen LogP contribution in [0, 0.1) is 5.82 Å². The van der Waals surface area contributed by atoms with Gasteiger partial charge >= 0.3 is 0 Å². The van der Waals surface area contributed by atoms with Gasteiger partial charge < -0.3 is 26.2 Å². The summed E-state index contributed by atoms with van der Waals surface area (Å²) in [4.78, 5) is 30.0. The summed E-state index contributed by atoms with van der Waals surface area (Å²) >= 11 is 0. The SMILES string of the molecule is CN(C)C(=O)COc1ccc(Nc2nccn(-c3ccc(CC/C(=N/N)NN)cc3)c2=O)c(F)c1. The average molecular weight is 483 g/mol. The van der Waals surface area contributed by atoms with Crippen LogP contribution in [0.15, 0.2) is 64.8 Å². The molecule has 3 rings (SSSR count). The van der Waals surface area contributed by atoms with Gasteiger partial charge in [-0.05, 0) is 36.2 Å². The van der Waals surface area contributed by atoms with Gasteiger partial charge in [-0.1, -0.05) is 12.1 Å². The van der Waals surface area contributed by atoms with Crippen LogP contribution >= 0.6 is 0 Å². The first kappa shape index (κ1) is 25.2. The molecule has 1 heterocycles. The molecule has 0 unspecified atom stereocenters. The molecule has 1 aromatic heterocycles. The number of amides is 1. The molecule has 6 N–H and O–H groups in total. The summed E-state index contributed by atoms with van der Waals surface area (Å²) in [6.45, 7) is -0.214. The number of likely N-dealkylation sites (N-methyl/N-ethyl adjacent to an activating group) is 1. The van der Waals surface area contributed by atoms with Gasteiger partial charge in [-0.25, -0.2) is 15.2 Å². The quantitative estimate of drug-likeness (QED) is 0.154. The number of carbonyl (C=O) groups excluding carboxylic acids is 1. The molecule has 0 aliphatic heterocycles. The molecule has 2 aromatic carbocycles. The van der Waals surface area contributed by atoms with Gasteiger partial charge in [0.05, 0.1) is 5.69 Å². The zero-order chi connectivity index (χ0) is 25.4. The van der Waals surface area contributed by atoms with Crippen molar-refractivity contribution in [1.82, 2.24) is 19.9 Å². The number of amidine groups is 1. The maximum Gasteiger partial charge on any atom is 0.298 e. The van der Waals surface area contributed by atoms with E-state index in [0.29, 0.717) is 24.4 Å². The lowest BCUT2D eigenvalue weighted by Gasteiger charge is -2.13. The predicted octanol–water partition coefficient (Wildman–Crippen LogP) is 1.25. The molecular formula is C23H27FN8O3. The van der Waals surface area contributed by atoms with Crippen molar-refractivity contribution in [3.05, 3.63) is 76.6 Å². The van der Waals surface area contributed by atoms with Crippen molar-refractivity contribution < 1.29 is 13.9 Å². The molecule has 1 amide bonds. The Morgan fingerprint density at radius 3 is 2.60 bits per heavy atom. The summed E-state index contributed by atoms with van der Waals surface area (Å²) in [5.74, 6) is 10.3. The van der Waals surface area contributed by atoms with E-state index < -0.39 is 11.4 Å². The van der Waals surface area contributed by atoms with Crippen LogP contribution in [-0.4, -0.2) is 46.9 Å². The lowest BCUT2D eigenvalue weighted by Crippen LogP contribution is -2.31. The Morgan fingerprint density at radius 2 is 1.97 bits per heavy atom. The lowest BCUT2D eigenvalue weighted by atomic mass is 10.1. The first-order valence-electron chi connectivity index (χ1n) is 10.6. The van der Waals surface area contributed by atoms with E-state index in [9.17, 15) is 14.0 Å². The summed E-state index contributed by atoms with van der Waals surface area (Å²) in [6, 6.07) is 11.4. The third-order valence-electron chi connectivity index (χ3n) is 5.08. The number of nitrogens with two attached hydrogens (primary N) is 2. The van der Waals surface area contributed by atoms with Gasteiger partial charge in [0.25, 0.3) is 11.5 Å². The van der Waals surface area contributed by atoms with Crippen molar-refractivity contribution in [1.29, 1.82) is 0 Å². The number of anilines is 2. The highest BCUT2D eigenvalue weighted by atomic mass is 19.1. The third kappa shape index (κ3) is 6.54. The van der Waals surface area contributed by atoms with Crippen LogP contribution in [0.4, 0.5) is 15.9 Å². The van der Waals surface area contributed by atoms with Gasteiger partial charge in [-0.2, -0.15) is 5.10 Å². The monoisotopic (exact) mass is 482 g/mol. The standard InChI is InChI=1S/C23H27FN8O3/c1-31(2)21(33)14-35-17-8-9-19(18(24)13-17)28-22-23(34)32(12-11-27-22)16-6-3-15(4-7-16)5-10-20(29-25)30-26/h3-4,6-9,11-13H,5,10,14,25-26H2,1-2H3,(H,27,28)(H,29,30). The van der Waals surface area contributed by atoms with Crippen molar-refractivity contribution in [2.75, 3.05) is 26.0 Å². The van der Waals surface area contributed by atoms with E-state index in [4.69, 9.17) is 16.4 Å². The maximum absolute atomic E-state index is 14.6. The fourth-order valence-electron chi connectivity index (χ4n) is 3.05. The Labute approximate surface area is 201 Å². The zero-order valence-electron chi connectivity index (χ0n) is 19.4. The topological polar surface area (TPSA) is 153 Å². The fourth-order valence-corrected chi connectivity index (χ4v) is 3.05. The molecule has 184 valence electrons. The normalized spacial score (nSPS) is 11.1. The van der Waals surface area contributed by atoms with Crippen LogP contribution in [0.1, 0.15) is 12.0 Å². The lowest BCUT2D eigenvalue weighted by molar-refractivity contribution is -0.130. The Morgan fingerprint density at radius 1 is 1.23 bits per heavy atom. The zero-order valence-corrected chi connectivity index (χ0v) is 19.4. The van der Waals surface area contributed by atoms with Crippen molar-refractivity contribution in [3.63, 3.8) is 0 Å². The highest BCUT2D eigenvalue weighted by molar-refractivity contribution is 5.81. The molecule has 0 atom stereocenters. The van der Waals surface area contributed by atoms with E-state index in [2.05, 4.69) is 20.8 Å². The number of rotatable bonds is 9. The van der Waals surface area contributed by atoms with E-state index in [1.54, 1.807) is 26.2 Å². The van der Waals surface area contributed by atoms with Crippen LogP contribution in [-0.2, 0) is 11.2 Å². The Bertz CT molecular complexity index is 1260. The molecular weight excluding hydrogens is 455 g/mol. The third-order valence-corrected chi connectivity index (χ3v) is 5.08. The second-order valence-electron chi connectivity index (χ2n) is 7.68. The molecule has 12 heteroatoms. The first-order chi connectivity index (χ1) is 16.8. The van der Waals surface area contributed by atoms with Gasteiger partial charge in [0.1, 0.15) is 17.4 Å². The minimum atomic E-state index is -0.659. The number of hydrogen-bond acceptors (Lipinski definition) is 8. The largest absolute Gasteiger partial charge is 0.484 e. The number of nitrogens with zero attached hydrogens (tertiary/aromatic N) is 4. The van der Waals surface area contributed by atoms with Crippen LogP contribution in [0.2, 0.25) is 0 Å². The van der Waals surface area contributed by atoms with Crippen LogP contribution in [0.5, 0.6) is 5.75 Å². The Balaban J connectivity index is 1.73. The molecule has 0 aliphatic carbocycles. The summed E-state index contributed by atoms with van der Waals surface area (Å²) in [6.07, 6.45) is 4.16. The van der Waals surface area contributed by atoms with Crippen molar-refractivity contribution >= 4 is 23.2 Å². The number of hydrazine groups is 1. The molecule has 0 saturated carbocycles. The van der Waals surface area contributed by atoms with Crippen molar-refractivity contribution in [3.8, 4) is 11.4 Å². The molecule has 11 nitrogen and oxygen atoms in total. The molecule has 0 radical (unpaired) electrons. The maximum atomic E-state index is 14.6. The fraction of sp³-hybridized carbons (Fsp3) is 0.217. The summed E-state index contributed by atoms with van der Waals surface area (Å²) < 4.78 is 21.3. The van der Waals surface area contributed by atoms with E-state index in [-0.39, 0.29) is 29.8 Å². The first-order valence-corrected chi connectivity index (χ1v) is 10.6. The molecule has 0 fully saturated rings. The molecule has 0 saturated heterocycles.